The van der Waals surface area contributed by atoms with Crippen LogP contribution in [0.2, 0.25) is 0 Å². The highest BCUT2D eigenvalue weighted by molar-refractivity contribution is 8.02. The lowest BCUT2D eigenvalue weighted by Crippen LogP contribution is -2.24. The number of amides is 1. The van der Waals surface area contributed by atoms with Gasteiger partial charge in [-0.2, -0.15) is 13.2 Å². The lowest BCUT2D eigenvalue weighted by Gasteiger charge is -2.15. The predicted octanol–water partition coefficient (Wildman–Crippen LogP) is 3.12. The quantitative estimate of drug-likeness (QED) is 0.907. The van der Waals surface area contributed by atoms with E-state index in [9.17, 15) is 18.0 Å². The van der Waals surface area contributed by atoms with Gasteiger partial charge in [-0.15, -0.1) is 11.8 Å². The van der Waals surface area contributed by atoms with Crippen molar-refractivity contribution in [1.29, 1.82) is 0 Å². The highest BCUT2D eigenvalue weighted by Gasteiger charge is 2.30. The largest absolute Gasteiger partial charge is 0.416 e. The van der Waals surface area contributed by atoms with Gasteiger partial charge >= 0.3 is 6.18 Å². The average Bonchev–Trinajstić information content (AvgIpc) is 2.75. The zero-order chi connectivity index (χ0) is 14.0. The lowest BCUT2D eigenvalue weighted by atomic mass is 10.2. The molecule has 0 aromatic heterocycles. The number of thioether (sulfide) groups is 1. The molecule has 3 nitrogen and oxygen atoms in total. The van der Waals surface area contributed by atoms with Crippen molar-refractivity contribution in [3.8, 4) is 0 Å². The normalized spacial score (nSPS) is 15.4. The molecule has 2 rings (SSSR count). The minimum atomic E-state index is -4.37. The zero-order valence-electron chi connectivity index (χ0n) is 9.99. The van der Waals surface area contributed by atoms with Gasteiger partial charge in [0.1, 0.15) is 5.70 Å². The number of alkyl halides is 3. The zero-order valence-corrected chi connectivity index (χ0v) is 10.8. The monoisotopic (exact) mass is 288 g/mol. The Morgan fingerprint density at radius 3 is 2.42 bits per heavy atom. The number of nitrogens with zero attached hydrogens (tertiary/aromatic N) is 1. The fourth-order valence-corrected chi connectivity index (χ4v) is 2.43. The van der Waals surface area contributed by atoms with Crippen molar-refractivity contribution in [1.82, 2.24) is 4.90 Å². The van der Waals surface area contributed by atoms with Crippen molar-refractivity contribution in [3.05, 3.63) is 40.9 Å². The first-order valence-electron chi connectivity index (χ1n) is 5.39. The summed E-state index contributed by atoms with van der Waals surface area (Å²) >= 11 is 1.49. The number of benzene rings is 1. The molecule has 1 aromatic rings. The van der Waals surface area contributed by atoms with Crippen molar-refractivity contribution in [2.45, 2.75) is 6.18 Å². The molecule has 1 aliphatic heterocycles. The third kappa shape index (κ3) is 3.23. The Hall–Kier alpha value is -1.63. The van der Waals surface area contributed by atoms with E-state index in [1.165, 1.54) is 23.9 Å². The van der Waals surface area contributed by atoms with E-state index in [0.29, 0.717) is 17.3 Å². The molecule has 0 bridgehead atoms. The van der Waals surface area contributed by atoms with E-state index in [2.05, 4.69) is 5.32 Å². The van der Waals surface area contributed by atoms with E-state index in [1.807, 2.05) is 0 Å². The molecule has 0 fully saturated rings. The van der Waals surface area contributed by atoms with E-state index in [4.69, 9.17) is 0 Å². The molecule has 0 radical (unpaired) electrons. The van der Waals surface area contributed by atoms with Crippen LogP contribution >= 0.6 is 11.8 Å². The van der Waals surface area contributed by atoms with E-state index >= 15 is 0 Å². The molecular weight excluding hydrogens is 277 g/mol. The maximum Gasteiger partial charge on any atom is 0.416 e. The summed E-state index contributed by atoms with van der Waals surface area (Å²) in [5.41, 5.74) is 0.104. The number of rotatable bonds is 2. The SMILES string of the molecule is CN1CSC=C1C(=O)Nc1ccc(C(F)(F)F)cc1. The van der Waals surface area contributed by atoms with Crippen molar-refractivity contribution in [3.63, 3.8) is 0 Å². The number of hydrogen-bond acceptors (Lipinski definition) is 3. The van der Waals surface area contributed by atoms with Crippen LogP contribution < -0.4 is 5.32 Å². The average molecular weight is 288 g/mol. The second kappa shape index (κ2) is 5.16. The van der Waals surface area contributed by atoms with Gasteiger partial charge < -0.3 is 10.2 Å². The van der Waals surface area contributed by atoms with Crippen LogP contribution in [0.4, 0.5) is 18.9 Å². The van der Waals surface area contributed by atoms with Crippen LogP contribution in [-0.2, 0) is 11.0 Å². The van der Waals surface area contributed by atoms with E-state index < -0.39 is 11.7 Å². The molecule has 1 N–H and O–H groups in total. The highest BCUT2D eigenvalue weighted by Crippen LogP contribution is 2.30. The first-order valence-corrected chi connectivity index (χ1v) is 6.44. The summed E-state index contributed by atoms with van der Waals surface area (Å²) in [4.78, 5) is 13.6. The molecule has 0 unspecified atom stereocenters. The van der Waals surface area contributed by atoms with E-state index in [-0.39, 0.29) is 5.91 Å². The van der Waals surface area contributed by atoms with Crippen LogP contribution in [0.5, 0.6) is 0 Å². The van der Waals surface area contributed by atoms with E-state index in [0.717, 1.165) is 12.1 Å². The molecule has 19 heavy (non-hydrogen) atoms. The third-order valence-corrected chi connectivity index (χ3v) is 3.50. The summed E-state index contributed by atoms with van der Waals surface area (Å²) in [5, 5.41) is 4.29. The second-order valence-electron chi connectivity index (χ2n) is 4.03. The van der Waals surface area contributed by atoms with Crippen LogP contribution in [0.3, 0.4) is 0 Å². The molecule has 1 aromatic carbocycles. The predicted molar refractivity (Wildman–Crippen MR) is 68.4 cm³/mol. The first kappa shape index (κ1) is 13.8. The Labute approximate surface area is 112 Å². The Morgan fingerprint density at radius 1 is 1.32 bits per heavy atom. The molecular formula is C12H11F3N2OS. The van der Waals surface area contributed by atoms with E-state index in [1.54, 1.807) is 17.4 Å². The minimum absolute atomic E-state index is 0.327. The number of anilines is 1. The Morgan fingerprint density at radius 2 is 1.95 bits per heavy atom. The van der Waals surface area contributed by atoms with Gasteiger partial charge in [0.2, 0.25) is 0 Å². The molecule has 0 spiro atoms. The number of carbonyl (C=O) groups is 1. The maximum absolute atomic E-state index is 12.4. The van der Waals surface area contributed by atoms with Crippen molar-refractivity contribution in [2.75, 3.05) is 18.2 Å². The topological polar surface area (TPSA) is 32.3 Å². The van der Waals surface area contributed by atoms with Gasteiger partial charge in [0, 0.05) is 18.1 Å². The minimum Gasteiger partial charge on any atom is -0.360 e. The summed E-state index contributed by atoms with van der Waals surface area (Å²) in [6.07, 6.45) is -4.37. The fraction of sp³-hybridized carbons (Fsp3) is 0.250. The summed E-state index contributed by atoms with van der Waals surface area (Å²) in [7, 11) is 1.78. The smallest absolute Gasteiger partial charge is 0.360 e. The summed E-state index contributed by atoms with van der Waals surface area (Å²) in [6.45, 7) is 0. The van der Waals surface area contributed by atoms with Gasteiger partial charge in [0.25, 0.3) is 5.91 Å². The number of carbonyl (C=O) groups excluding carboxylic acids is 1. The van der Waals surface area contributed by atoms with Crippen LogP contribution in [0.1, 0.15) is 5.56 Å². The molecule has 0 saturated carbocycles. The van der Waals surface area contributed by atoms with Gasteiger partial charge in [-0.1, -0.05) is 0 Å². The van der Waals surface area contributed by atoms with Crippen LogP contribution in [0, 0.1) is 0 Å². The number of hydrogen-bond donors (Lipinski definition) is 1. The molecule has 1 heterocycles. The van der Waals surface area contributed by atoms with Crippen molar-refractivity contribution in [2.24, 2.45) is 0 Å². The molecule has 0 atom stereocenters. The highest BCUT2D eigenvalue weighted by atomic mass is 32.2. The van der Waals surface area contributed by atoms with Crippen LogP contribution in [0.25, 0.3) is 0 Å². The van der Waals surface area contributed by atoms with Crippen LogP contribution in [0.15, 0.2) is 35.4 Å². The molecule has 1 aliphatic rings. The number of halogens is 3. The molecule has 0 aliphatic carbocycles. The number of likely N-dealkylation sites (N-methyl/N-ethyl adjacent to an activating group) is 1. The first-order chi connectivity index (χ1) is 8.88. The Kier molecular flexibility index (Phi) is 3.75. The summed E-state index contributed by atoms with van der Waals surface area (Å²) in [5.74, 6) is 0.364. The lowest BCUT2D eigenvalue weighted by molar-refractivity contribution is -0.137. The molecule has 7 heteroatoms. The second-order valence-corrected chi connectivity index (χ2v) is 4.85. The molecule has 1 amide bonds. The van der Waals surface area contributed by atoms with Gasteiger partial charge in [0.05, 0.1) is 11.4 Å². The Bertz CT molecular complexity index is 511. The van der Waals surface area contributed by atoms with Crippen molar-refractivity contribution < 1.29 is 18.0 Å². The number of nitrogens with one attached hydrogen (secondary N) is 1. The summed E-state index contributed by atoms with van der Waals surface area (Å²) in [6, 6.07) is 4.36. The molecule has 102 valence electrons. The van der Waals surface area contributed by atoms with Crippen molar-refractivity contribution >= 4 is 23.4 Å². The Balaban J connectivity index is 2.06. The van der Waals surface area contributed by atoms with Crippen LogP contribution in [-0.4, -0.2) is 23.7 Å². The summed E-state index contributed by atoms with van der Waals surface area (Å²) < 4.78 is 37.1. The molecule has 0 saturated heterocycles. The standard InChI is InChI=1S/C12H11F3N2OS/c1-17-7-19-6-10(17)11(18)16-9-4-2-8(3-5-9)12(13,14)15/h2-6H,7H2,1H3,(H,16,18). The van der Waals surface area contributed by atoms with Gasteiger partial charge in [-0.3, -0.25) is 4.79 Å². The van der Waals surface area contributed by atoms with Gasteiger partial charge in [-0.05, 0) is 24.3 Å². The fourth-order valence-electron chi connectivity index (χ4n) is 1.55. The van der Waals surface area contributed by atoms with Gasteiger partial charge in [0.15, 0.2) is 0 Å². The maximum atomic E-state index is 12.4. The van der Waals surface area contributed by atoms with Gasteiger partial charge in [-0.25, -0.2) is 0 Å². The third-order valence-electron chi connectivity index (χ3n) is 2.58.